The fourth-order valence-corrected chi connectivity index (χ4v) is 4.55. The molecule has 4 nitrogen and oxygen atoms in total. The Morgan fingerprint density at radius 3 is 2.26 bits per heavy atom. The number of hydrogen-bond acceptors (Lipinski definition) is 4. The Morgan fingerprint density at radius 2 is 1.58 bits per heavy atom. The molecule has 31 heavy (non-hydrogen) atoms. The highest BCUT2D eigenvalue weighted by Gasteiger charge is 2.24. The zero-order chi connectivity index (χ0) is 22.3. The van der Waals surface area contributed by atoms with Crippen LogP contribution < -0.4 is 0 Å². The molecular weight excluding hydrogens is 477 g/mol. The molecule has 0 fully saturated rings. The lowest BCUT2D eigenvalue weighted by Gasteiger charge is -2.10. The summed E-state index contributed by atoms with van der Waals surface area (Å²) in [5, 5.41) is 4.24. The topological polar surface area (TPSA) is 55.7 Å². The zero-order valence-corrected chi connectivity index (χ0v) is 19.2. The molecule has 0 heterocycles. The van der Waals surface area contributed by atoms with Gasteiger partial charge in [0.05, 0.1) is 11.1 Å². The van der Waals surface area contributed by atoms with Gasteiger partial charge in [0.1, 0.15) is 11.9 Å². The first kappa shape index (κ1) is 23.4. The summed E-state index contributed by atoms with van der Waals surface area (Å²) < 4.78 is 26.3. The molecule has 160 valence electrons. The SMILES string of the molecule is O=S(=O)(c1ccc(Cl)cc1)C(C=Cc1ccccc1)C=NOCc1ccc(Cl)cc1Cl. The lowest BCUT2D eigenvalue weighted by molar-refractivity contribution is 0.131. The number of rotatable bonds is 8. The van der Waals surface area contributed by atoms with Crippen LogP contribution in [0.4, 0.5) is 0 Å². The van der Waals surface area contributed by atoms with Crippen LogP contribution in [0, 0.1) is 0 Å². The fourth-order valence-electron chi connectivity index (χ4n) is 2.63. The van der Waals surface area contributed by atoms with E-state index in [9.17, 15) is 8.42 Å². The van der Waals surface area contributed by atoms with E-state index in [0.29, 0.717) is 20.6 Å². The summed E-state index contributed by atoms with van der Waals surface area (Å²) in [6.07, 6.45) is 4.52. The molecule has 0 radical (unpaired) electrons. The highest BCUT2D eigenvalue weighted by atomic mass is 35.5. The van der Waals surface area contributed by atoms with Crippen molar-refractivity contribution in [1.82, 2.24) is 0 Å². The quantitative estimate of drug-likeness (QED) is 0.258. The van der Waals surface area contributed by atoms with Crippen LogP contribution in [-0.2, 0) is 21.3 Å². The molecule has 0 spiro atoms. The van der Waals surface area contributed by atoms with Gasteiger partial charge in [-0.2, -0.15) is 0 Å². The van der Waals surface area contributed by atoms with Crippen molar-refractivity contribution >= 4 is 56.9 Å². The maximum atomic E-state index is 13.1. The molecule has 0 aromatic heterocycles. The van der Waals surface area contributed by atoms with Gasteiger partial charge in [-0.15, -0.1) is 0 Å². The summed E-state index contributed by atoms with van der Waals surface area (Å²) in [4.78, 5) is 5.43. The van der Waals surface area contributed by atoms with Crippen LogP contribution in [0.1, 0.15) is 11.1 Å². The Balaban J connectivity index is 1.82. The second-order valence-corrected chi connectivity index (χ2v) is 9.88. The van der Waals surface area contributed by atoms with Gasteiger partial charge in [-0.3, -0.25) is 0 Å². The summed E-state index contributed by atoms with van der Waals surface area (Å²) in [5.74, 6) is 0. The molecule has 0 N–H and O–H groups in total. The minimum Gasteiger partial charge on any atom is -0.391 e. The van der Waals surface area contributed by atoms with Crippen molar-refractivity contribution in [3.8, 4) is 0 Å². The fraction of sp³-hybridized carbons (Fsp3) is 0.0870. The maximum Gasteiger partial charge on any atom is 0.190 e. The number of halogens is 3. The van der Waals surface area contributed by atoms with Crippen molar-refractivity contribution < 1.29 is 13.3 Å². The second kappa shape index (κ2) is 10.8. The third kappa shape index (κ3) is 6.58. The molecule has 0 aliphatic carbocycles. The van der Waals surface area contributed by atoms with Gasteiger partial charge >= 0.3 is 0 Å². The number of hydrogen-bond donors (Lipinski definition) is 0. The third-order valence-corrected chi connectivity index (χ3v) is 7.06. The van der Waals surface area contributed by atoms with Crippen molar-refractivity contribution in [2.45, 2.75) is 16.8 Å². The predicted octanol–water partition coefficient (Wildman–Crippen LogP) is 6.71. The summed E-state index contributed by atoms with van der Waals surface area (Å²) in [5.41, 5.74) is 1.54. The Bertz CT molecular complexity index is 1180. The number of nitrogens with zero attached hydrogens (tertiary/aromatic N) is 1. The molecule has 1 atom stereocenters. The molecule has 8 heteroatoms. The summed E-state index contributed by atoms with van der Waals surface area (Å²) in [6.45, 7) is 0.0720. The van der Waals surface area contributed by atoms with Crippen LogP contribution in [0.5, 0.6) is 0 Å². The van der Waals surface area contributed by atoms with E-state index in [0.717, 1.165) is 5.56 Å². The Labute approximate surface area is 196 Å². The molecule has 0 aliphatic rings. The first-order valence-electron chi connectivity index (χ1n) is 9.18. The van der Waals surface area contributed by atoms with Gasteiger partial charge in [-0.25, -0.2) is 8.42 Å². The van der Waals surface area contributed by atoms with Gasteiger partial charge in [0.25, 0.3) is 0 Å². The molecule has 0 aliphatic heterocycles. The van der Waals surface area contributed by atoms with E-state index >= 15 is 0 Å². The normalized spacial score (nSPS) is 13.0. The Kier molecular flexibility index (Phi) is 8.15. The molecule has 0 bridgehead atoms. The average Bonchev–Trinajstić information content (AvgIpc) is 2.75. The average molecular weight is 495 g/mol. The van der Waals surface area contributed by atoms with E-state index in [1.807, 2.05) is 30.3 Å². The predicted molar refractivity (Wildman–Crippen MR) is 128 cm³/mol. The third-order valence-electron chi connectivity index (χ3n) is 4.30. The molecule has 3 aromatic rings. The van der Waals surface area contributed by atoms with Crippen molar-refractivity contribution in [3.05, 3.63) is 105 Å². The van der Waals surface area contributed by atoms with Crippen molar-refractivity contribution in [3.63, 3.8) is 0 Å². The van der Waals surface area contributed by atoms with Crippen molar-refractivity contribution in [1.29, 1.82) is 0 Å². The smallest absolute Gasteiger partial charge is 0.190 e. The van der Waals surface area contributed by atoms with E-state index in [-0.39, 0.29) is 11.5 Å². The molecule has 0 saturated heterocycles. The summed E-state index contributed by atoms with van der Waals surface area (Å²) in [6, 6.07) is 20.4. The first-order chi connectivity index (χ1) is 14.9. The number of sulfone groups is 1. The Morgan fingerprint density at radius 1 is 0.903 bits per heavy atom. The highest BCUT2D eigenvalue weighted by Crippen LogP contribution is 2.22. The van der Waals surface area contributed by atoms with Crippen LogP contribution >= 0.6 is 34.8 Å². The van der Waals surface area contributed by atoms with E-state index in [2.05, 4.69) is 5.16 Å². The van der Waals surface area contributed by atoms with Crippen LogP contribution in [0.3, 0.4) is 0 Å². The zero-order valence-electron chi connectivity index (χ0n) is 16.2. The van der Waals surface area contributed by atoms with Crippen LogP contribution in [-0.4, -0.2) is 19.9 Å². The van der Waals surface area contributed by atoms with E-state index in [1.54, 1.807) is 30.4 Å². The molecule has 3 rings (SSSR count). The van der Waals surface area contributed by atoms with E-state index < -0.39 is 15.1 Å². The molecule has 0 amide bonds. The van der Waals surface area contributed by atoms with Gasteiger partial charge in [0.2, 0.25) is 0 Å². The monoisotopic (exact) mass is 493 g/mol. The van der Waals surface area contributed by atoms with Crippen LogP contribution in [0.2, 0.25) is 15.1 Å². The highest BCUT2D eigenvalue weighted by molar-refractivity contribution is 7.93. The van der Waals surface area contributed by atoms with Gasteiger partial charge in [-0.05, 0) is 42.0 Å². The minimum absolute atomic E-state index is 0.0720. The minimum atomic E-state index is -3.77. The summed E-state index contributed by atoms with van der Waals surface area (Å²) in [7, 11) is -3.77. The van der Waals surface area contributed by atoms with Gasteiger partial charge < -0.3 is 4.84 Å². The lowest BCUT2D eigenvalue weighted by Crippen LogP contribution is -2.21. The van der Waals surface area contributed by atoms with E-state index in [4.69, 9.17) is 39.6 Å². The molecule has 3 aromatic carbocycles. The molecule has 1 unspecified atom stereocenters. The lowest BCUT2D eigenvalue weighted by atomic mass is 10.2. The van der Waals surface area contributed by atoms with Crippen molar-refractivity contribution in [2.75, 3.05) is 0 Å². The van der Waals surface area contributed by atoms with E-state index in [1.165, 1.54) is 30.5 Å². The number of oxime groups is 1. The van der Waals surface area contributed by atoms with Gasteiger partial charge in [0, 0.05) is 20.6 Å². The van der Waals surface area contributed by atoms with Crippen LogP contribution in [0.25, 0.3) is 6.08 Å². The first-order valence-corrected chi connectivity index (χ1v) is 11.9. The maximum absolute atomic E-state index is 13.1. The second-order valence-electron chi connectivity index (χ2n) is 6.50. The van der Waals surface area contributed by atoms with Gasteiger partial charge in [-0.1, -0.05) is 88.5 Å². The standard InChI is InChI=1S/C23H18Cl3NO3S/c24-19-9-12-21(13-10-19)31(28,29)22(11-6-17-4-2-1-3-5-17)15-27-30-16-18-7-8-20(25)14-23(18)26/h1-15,22H,16H2. The Hall–Kier alpha value is -2.31. The van der Waals surface area contributed by atoms with Gasteiger partial charge in [0.15, 0.2) is 9.84 Å². The summed E-state index contributed by atoms with van der Waals surface area (Å²) >= 11 is 17.9. The largest absolute Gasteiger partial charge is 0.391 e. The molecule has 0 saturated carbocycles. The van der Waals surface area contributed by atoms with Crippen molar-refractivity contribution in [2.24, 2.45) is 5.16 Å². The molecular formula is C23H18Cl3NO3S. The number of benzene rings is 3. The van der Waals surface area contributed by atoms with Crippen LogP contribution in [0.15, 0.2) is 88.9 Å².